The first-order valence-electron chi connectivity index (χ1n) is 7.57. The van der Waals surface area contributed by atoms with Crippen LogP contribution in [0.15, 0.2) is 42.5 Å². The smallest absolute Gasteiger partial charge is 0.244 e. The highest BCUT2D eigenvalue weighted by Gasteiger charge is 2.12. The second-order valence-corrected chi connectivity index (χ2v) is 7.14. The molecule has 0 aliphatic carbocycles. The molecule has 23 heavy (non-hydrogen) atoms. The quantitative estimate of drug-likeness (QED) is 0.609. The van der Waals surface area contributed by atoms with Gasteiger partial charge in [0.15, 0.2) is 0 Å². The number of fused-ring (bicyclic) bond motifs is 1. The van der Waals surface area contributed by atoms with E-state index in [9.17, 15) is 4.79 Å². The van der Waals surface area contributed by atoms with Gasteiger partial charge in [0.1, 0.15) is 6.54 Å². The van der Waals surface area contributed by atoms with Gasteiger partial charge in [-0.25, -0.2) is 0 Å². The topological polar surface area (TPSA) is 34.0 Å². The molecule has 4 heteroatoms. The number of carbonyl (C=O) groups is 1. The van der Waals surface area contributed by atoms with Gasteiger partial charge in [0, 0.05) is 20.5 Å². The predicted octanol–water partition coefficient (Wildman–Crippen LogP) is 4.81. The molecule has 0 bridgehead atoms. The Bertz CT molecular complexity index is 873. The van der Waals surface area contributed by atoms with E-state index in [-0.39, 0.29) is 5.91 Å². The number of halogens is 1. The lowest BCUT2D eigenvalue weighted by atomic mass is 10.1. The SMILES string of the molecule is Cc1cc(I)cc(C)c1NC(=O)Cn1c(C)cc2ccccc21. The molecule has 3 nitrogen and oxygen atoms in total. The lowest BCUT2D eigenvalue weighted by Gasteiger charge is -2.14. The average Bonchev–Trinajstić information content (AvgIpc) is 2.79. The van der Waals surface area contributed by atoms with Gasteiger partial charge in [0.25, 0.3) is 0 Å². The predicted molar refractivity (Wildman–Crippen MR) is 104 cm³/mol. The standard InChI is InChI=1S/C19H19IN2O/c1-12-8-16(20)9-13(2)19(12)21-18(23)11-22-14(3)10-15-6-4-5-7-17(15)22/h4-10H,11H2,1-3H3,(H,21,23). The minimum absolute atomic E-state index is 0.00172. The number of aromatic nitrogens is 1. The zero-order chi connectivity index (χ0) is 16.6. The van der Waals surface area contributed by atoms with Crippen molar-refractivity contribution in [2.75, 3.05) is 5.32 Å². The largest absolute Gasteiger partial charge is 0.335 e. The second-order valence-electron chi connectivity index (χ2n) is 5.89. The number of nitrogens with zero attached hydrogens (tertiary/aromatic N) is 1. The van der Waals surface area contributed by atoms with Crippen molar-refractivity contribution in [3.63, 3.8) is 0 Å². The molecule has 0 saturated heterocycles. The highest BCUT2D eigenvalue weighted by atomic mass is 127. The maximum Gasteiger partial charge on any atom is 0.244 e. The molecule has 1 N–H and O–H groups in total. The van der Waals surface area contributed by atoms with E-state index in [1.165, 1.54) is 8.96 Å². The van der Waals surface area contributed by atoms with Crippen molar-refractivity contribution in [2.24, 2.45) is 0 Å². The maximum absolute atomic E-state index is 12.5. The van der Waals surface area contributed by atoms with E-state index >= 15 is 0 Å². The minimum Gasteiger partial charge on any atom is -0.335 e. The molecule has 0 aliphatic rings. The number of nitrogens with one attached hydrogen (secondary N) is 1. The summed E-state index contributed by atoms with van der Waals surface area (Å²) in [5, 5.41) is 4.24. The third kappa shape index (κ3) is 3.27. The number of hydrogen-bond acceptors (Lipinski definition) is 1. The second kappa shape index (κ2) is 6.35. The van der Waals surface area contributed by atoms with E-state index in [0.717, 1.165) is 28.0 Å². The van der Waals surface area contributed by atoms with Crippen LogP contribution in [0.3, 0.4) is 0 Å². The third-order valence-corrected chi connectivity index (χ3v) is 4.70. The first-order chi connectivity index (χ1) is 11.0. The number of carbonyl (C=O) groups excluding carboxylic acids is 1. The Morgan fingerprint density at radius 3 is 2.43 bits per heavy atom. The highest BCUT2D eigenvalue weighted by Crippen LogP contribution is 2.24. The number of aryl methyl sites for hydroxylation is 3. The van der Waals surface area contributed by atoms with E-state index in [1.54, 1.807) is 0 Å². The maximum atomic E-state index is 12.5. The number of para-hydroxylation sites is 1. The van der Waals surface area contributed by atoms with E-state index in [1.807, 2.05) is 32.9 Å². The van der Waals surface area contributed by atoms with Crippen LogP contribution in [-0.4, -0.2) is 10.5 Å². The van der Waals surface area contributed by atoms with Gasteiger partial charge in [-0.1, -0.05) is 18.2 Å². The fraction of sp³-hybridized carbons (Fsp3) is 0.211. The van der Waals surface area contributed by atoms with Gasteiger partial charge in [-0.15, -0.1) is 0 Å². The summed E-state index contributed by atoms with van der Waals surface area (Å²) >= 11 is 2.30. The molecular formula is C19H19IN2O. The number of hydrogen-bond donors (Lipinski definition) is 1. The molecule has 2 aromatic carbocycles. The summed E-state index contributed by atoms with van der Waals surface area (Å²) in [5.74, 6) is 0.00172. The molecule has 0 saturated carbocycles. The molecule has 0 fully saturated rings. The summed E-state index contributed by atoms with van der Waals surface area (Å²) in [4.78, 5) is 12.5. The fourth-order valence-corrected chi connectivity index (χ4v) is 3.92. The third-order valence-electron chi connectivity index (χ3n) is 4.08. The number of benzene rings is 2. The average molecular weight is 418 g/mol. The van der Waals surface area contributed by atoms with Crippen molar-refractivity contribution in [3.8, 4) is 0 Å². The van der Waals surface area contributed by atoms with E-state index in [2.05, 4.69) is 62.8 Å². The summed E-state index contributed by atoms with van der Waals surface area (Å²) in [6.07, 6.45) is 0. The molecule has 0 unspecified atom stereocenters. The number of amides is 1. The molecular weight excluding hydrogens is 399 g/mol. The zero-order valence-corrected chi connectivity index (χ0v) is 15.6. The van der Waals surface area contributed by atoms with E-state index < -0.39 is 0 Å². The van der Waals surface area contributed by atoms with Gasteiger partial charge in [-0.3, -0.25) is 4.79 Å². The fourth-order valence-electron chi connectivity index (χ4n) is 2.99. The molecule has 0 spiro atoms. The van der Waals surface area contributed by atoms with Crippen LogP contribution in [0.2, 0.25) is 0 Å². The van der Waals surface area contributed by atoms with Gasteiger partial charge in [0.2, 0.25) is 5.91 Å². The Morgan fingerprint density at radius 2 is 1.74 bits per heavy atom. The Balaban J connectivity index is 1.86. The zero-order valence-electron chi connectivity index (χ0n) is 13.5. The molecule has 1 amide bonds. The van der Waals surface area contributed by atoms with Crippen molar-refractivity contribution < 1.29 is 4.79 Å². The van der Waals surface area contributed by atoms with Crippen LogP contribution in [-0.2, 0) is 11.3 Å². The van der Waals surface area contributed by atoms with E-state index in [4.69, 9.17) is 0 Å². The molecule has 118 valence electrons. The molecule has 0 atom stereocenters. The van der Waals surface area contributed by atoms with Gasteiger partial charge in [0.05, 0.1) is 0 Å². The summed E-state index contributed by atoms with van der Waals surface area (Å²) in [6, 6.07) is 14.4. The Morgan fingerprint density at radius 1 is 1.09 bits per heavy atom. The molecule has 0 aliphatic heterocycles. The van der Waals surface area contributed by atoms with Gasteiger partial charge >= 0.3 is 0 Å². The first kappa shape index (κ1) is 16.1. The lowest BCUT2D eigenvalue weighted by molar-refractivity contribution is -0.116. The van der Waals surface area contributed by atoms with Crippen molar-refractivity contribution in [1.82, 2.24) is 4.57 Å². The molecule has 3 rings (SSSR count). The van der Waals surface area contributed by atoms with Crippen molar-refractivity contribution in [1.29, 1.82) is 0 Å². The highest BCUT2D eigenvalue weighted by molar-refractivity contribution is 14.1. The van der Waals surface area contributed by atoms with Crippen LogP contribution < -0.4 is 5.32 Å². The monoisotopic (exact) mass is 418 g/mol. The van der Waals surface area contributed by atoms with Crippen molar-refractivity contribution >= 4 is 45.1 Å². The summed E-state index contributed by atoms with van der Waals surface area (Å²) in [5.41, 5.74) is 5.30. The van der Waals surface area contributed by atoms with Crippen molar-refractivity contribution in [2.45, 2.75) is 27.3 Å². The van der Waals surface area contributed by atoms with Gasteiger partial charge in [-0.05, 0) is 84.1 Å². The molecule has 0 radical (unpaired) electrons. The Labute approximate surface area is 149 Å². The normalized spacial score (nSPS) is 11.0. The van der Waals surface area contributed by atoms with Crippen LogP contribution in [0.5, 0.6) is 0 Å². The molecule has 3 aromatic rings. The van der Waals surface area contributed by atoms with Crippen LogP contribution in [0.4, 0.5) is 5.69 Å². The Hall–Kier alpha value is -1.82. The summed E-state index contributed by atoms with van der Waals surface area (Å²) < 4.78 is 3.24. The van der Waals surface area contributed by atoms with E-state index in [0.29, 0.717) is 6.54 Å². The van der Waals surface area contributed by atoms with Crippen LogP contribution in [0.25, 0.3) is 10.9 Å². The number of rotatable bonds is 3. The Kier molecular flexibility index (Phi) is 4.43. The minimum atomic E-state index is 0.00172. The van der Waals surface area contributed by atoms with Crippen molar-refractivity contribution in [3.05, 3.63) is 62.9 Å². The lowest BCUT2D eigenvalue weighted by Crippen LogP contribution is -2.20. The van der Waals surface area contributed by atoms with Gasteiger partial charge < -0.3 is 9.88 Å². The van der Waals surface area contributed by atoms with Crippen LogP contribution >= 0.6 is 22.6 Å². The first-order valence-corrected chi connectivity index (χ1v) is 8.65. The summed E-state index contributed by atoms with van der Waals surface area (Å²) in [6.45, 7) is 6.42. The molecule has 1 heterocycles. The van der Waals surface area contributed by atoms with Crippen LogP contribution in [0, 0.1) is 24.3 Å². The summed E-state index contributed by atoms with van der Waals surface area (Å²) in [7, 11) is 0. The molecule has 1 aromatic heterocycles. The van der Waals surface area contributed by atoms with Gasteiger partial charge in [-0.2, -0.15) is 0 Å². The number of anilines is 1. The van der Waals surface area contributed by atoms with Crippen LogP contribution in [0.1, 0.15) is 16.8 Å².